The molecule has 0 bridgehead atoms. The fourth-order valence-electron chi connectivity index (χ4n) is 2.72. The highest BCUT2D eigenvalue weighted by atomic mass is 35.5. The second-order valence-corrected chi connectivity index (χ2v) is 7.52. The largest absolute Gasteiger partial charge is 0.462 e. The van der Waals surface area contributed by atoms with Gasteiger partial charge in [0.15, 0.2) is 6.10 Å². The predicted octanol–water partition coefficient (Wildman–Crippen LogP) is 4.64. The molecule has 14 heteroatoms. The lowest BCUT2D eigenvalue weighted by Gasteiger charge is -2.14. The van der Waals surface area contributed by atoms with E-state index >= 15 is 0 Å². The summed E-state index contributed by atoms with van der Waals surface area (Å²) in [5.41, 5.74) is -1.61. The van der Waals surface area contributed by atoms with Gasteiger partial charge in [0, 0.05) is 18.6 Å². The van der Waals surface area contributed by atoms with Crippen LogP contribution in [0.5, 0.6) is 11.5 Å². The van der Waals surface area contributed by atoms with Crippen LogP contribution in [0, 0.1) is 10.1 Å². The molecule has 0 radical (unpaired) electrons. The minimum Gasteiger partial charge on any atom is -0.462 e. The van der Waals surface area contributed by atoms with Crippen molar-refractivity contribution in [2.45, 2.75) is 32.5 Å². The van der Waals surface area contributed by atoms with E-state index in [-0.39, 0.29) is 35.3 Å². The minimum absolute atomic E-state index is 0.0528. The molecule has 2 rings (SSSR count). The van der Waals surface area contributed by atoms with Gasteiger partial charge in [0.2, 0.25) is 0 Å². The van der Waals surface area contributed by atoms with Gasteiger partial charge in [0.1, 0.15) is 24.7 Å². The molecule has 1 atom stereocenters. The summed E-state index contributed by atoms with van der Waals surface area (Å²) in [6, 6.07) is 5.71. The number of carbonyl (C=O) groups is 3. The Kier molecular flexibility index (Phi) is 9.61. The van der Waals surface area contributed by atoms with Crippen molar-refractivity contribution in [1.29, 1.82) is 0 Å². The number of hydrogen-bond acceptors (Lipinski definition) is 9. The molecule has 0 saturated carbocycles. The van der Waals surface area contributed by atoms with Gasteiger partial charge in [-0.3, -0.25) is 19.7 Å². The maximum atomic E-state index is 12.8. The normalized spacial score (nSPS) is 11.8. The van der Waals surface area contributed by atoms with Gasteiger partial charge >= 0.3 is 24.1 Å². The van der Waals surface area contributed by atoms with Crippen LogP contribution in [0.15, 0.2) is 36.4 Å². The van der Waals surface area contributed by atoms with E-state index in [0.29, 0.717) is 6.07 Å². The number of esters is 3. The monoisotopic (exact) mass is 533 g/mol. The zero-order chi connectivity index (χ0) is 27.0. The molecule has 0 aliphatic rings. The summed E-state index contributed by atoms with van der Waals surface area (Å²) in [5.74, 6) is -2.72. The first-order valence-corrected chi connectivity index (χ1v) is 10.5. The maximum Gasteiger partial charge on any atom is 0.416 e. The smallest absolute Gasteiger partial charge is 0.416 e. The van der Waals surface area contributed by atoms with Gasteiger partial charge in [-0.15, -0.1) is 0 Å². The molecule has 0 heterocycles. The van der Waals surface area contributed by atoms with Crippen molar-refractivity contribution in [3.05, 3.63) is 62.7 Å². The molecule has 0 aromatic heterocycles. The summed E-state index contributed by atoms with van der Waals surface area (Å²) < 4.78 is 58.2. The highest BCUT2D eigenvalue weighted by Crippen LogP contribution is 2.37. The molecule has 0 amide bonds. The minimum atomic E-state index is -4.62. The number of nitrogens with zero attached hydrogens (tertiary/aromatic N) is 1. The Morgan fingerprint density at radius 3 is 2.33 bits per heavy atom. The van der Waals surface area contributed by atoms with Crippen molar-refractivity contribution in [3.63, 3.8) is 0 Å². The summed E-state index contributed by atoms with van der Waals surface area (Å²) in [7, 11) is 0. The summed E-state index contributed by atoms with van der Waals surface area (Å²) >= 11 is 5.86. The van der Waals surface area contributed by atoms with Crippen LogP contribution in [0.3, 0.4) is 0 Å². The second kappa shape index (κ2) is 12.2. The number of alkyl halides is 3. The third-order valence-electron chi connectivity index (χ3n) is 4.34. The van der Waals surface area contributed by atoms with Gasteiger partial charge in [-0.25, -0.2) is 4.79 Å². The SMILES string of the molecule is CC(=O)OCCOC(=O)C(C)OC(=O)Cc1cc(Oc2ccc(C(F)(F)F)cc2Cl)ccc1[N+](=O)[O-]. The molecule has 0 N–H and O–H groups in total. The van der Waals surface area contributed by atoms with Crippen molar-refractivity contribution in [2.24, 2.45) is 0 Å². The van der Waals surface area contributed by atoms with E-state index in [0.717, 1.165) is 24.3 Å². The number of benzene rings is 2. The first-order chi connectivity index (χ1) is 16.8. The van der Waals surface area contributed by atoms with Crippen LogP contribution in [-0.4, -0.2) is 42.1 Å². The van der Waals surface area contributed by atoms with Gasteiger partial charge in [-0.1, -0.05) is 11.6 Å². The zero-order valence-electron chi connectivity index (χ0n) is 18.8. The van der Waals surface area contributed by atoms with E-state index in [1.54, 1.807) is 0 Å². The Labute approximate surface area is 207 Å². The highest BCUT2D eigenvalue weighted by molar-refractivity contribution is 6.32. The fraction of sp³-hybridized carbons (Fsp3) is 0.318. The van der Waals surface area contributed by atoms with Crippen molar-refractivity contribution in [2.75, 3.05) is 13.2 Å². The lowest BCUT2D eigenvalue weighted by Crippen LogP contribution is -2.28. The van der Waals surface area contributed by atoms with Gasteiger partial charge in [-0.05, 0) is 37.3 Å². The summed E-state index contributed by atoms with van der Waals surface area (Å²) in [5, 5.41) is 11.0. The Morgan fingerprint density at radius 2 is 1.75 bits per heavy atom. The Morgan fingerprint density at radius 1 is 1.08 bits per heavy atom. The number of hydrogen-bond donors (Lipinski definition) is 0. The van der Waals surface area contributed by atoms with Crippen LogP contribution in [0.25, 0.3) is 0 Å². The van der Waals surface area contributed by atoms with Crippen LogP contribution in [-0.2, 0) is 41.2 Å². The van der Waals surface area contributed by atoms with Gasteiger partial charge in [0.05, 0.1) is 21.9 Å². The molecule has 0 saturated heterocycles. The topological polar surface area (TPSA) is 131 Å². The average Bonchev–Trinajstić information content (AvgIpc) is 2.76. The molecule has 0 fully saturated rings. The first-order valence-electron chi connectivity index (χ1n) is 10.1. The average molecular weight is 534 g/mol. The molecule has 1 unspecified atom stereocenters. The number of ether oxygens (including phenoxy) is 4. The Balaban J connectivity index is 2.10. The Bertz CT molecular complexity index is 1150. The third kappa shape index (κ3) is 8.41. The highest BCUT2D eigenvalue weighted by Gasteiger charge is 2.31. The molecule has 2 aromatic rings. The van der Waals surface area contributed by atoms with E-state index in [4.69, 9.17) is 25.8 Å². The molecule has 10 nitrogen and oxygen atoms in total. The standard InChI is InChI=1S/C22H19ClF3NO9/c1-12(21(30)34-8-7-33-13(2)28)35-20(29)10-14-9-16(4-5-18(14)27(31)32)36-19-6-3-15(11-17(19)23)22(24,25)26/h3-6,9,11-12H,7-8,10H2,1-2H3. The van der Waals surface area contributed by atoms with Gasteiger partial charge in [-0.2, -0.15) is 13.2 Å². The lowest BCUT2D eigenvalue weighted by molar-refractivity contribution is -0.385. The van der Waals surface area contributed by atoms with Crippen molar-refractivity contribution in [3.8, 4) is 11.5 Å². The van der Waals surface area contributed by atoms with Gasteiger partial charge < -0.3 is 18.9 Å². The van der Waals surface area contributed by atoms with E-state index in [2.05, 4.69) is 4.74 Å². The van der Waals surface area contributed by atoms with E-state index in [1.165, 1.54) is 19.9 Å². The maximum absolute atomic E-state index is 12.8. The van der Waals surface area contributed by atoms with E-state index in [9.17, 15) is 37.7 Å². The van der Waals surface area contributed by atoms with Crippen molar-refractivity contribution < 1.29 is 51.4 Å². The van der Waals surface area contributed by atoms with Crippen LogP contribution < -0.4 is 4.74 Å². The number of nitro groups is 1. The molecule has 2 aromatic carbocycles. The van der Waals surface area contributed by atoms with E-state index in [1.807, 2.05) is 0 Å². The summed E-state index contributed by atoms with van der Waals surface area (Å²) in [6.45, 7) is 1.93. The van der Waals surface area contributed by atoms with Crippen molar-refractivity contribution >= 4 is 35.2 Å². The van der Waals surface area contributed by atoms with Crippen LogP contribution in [0.1, 0.15) is 25.0 Å². The van der Waals surface area contributed by atoms with Crippen molar-refractivity contribution in [1.82, 2.24) is 0 Å². The number of carbonyl (C=O) groups excluding carboxylic acids is 3. The van der Waals surface area contributed by atoms with Gasteiger partial charge in [0.25, 0.3) is 5.69 Å². The molecule has 0 aliphatic heterocycles. The third-order valence-corrected chi connectivity index (χ3v) is 4.64. The molecule has 36 heavy (non-hydrogen) atoms. The number of rotatable bonds is 10. The summed E-state index contributed by atoms with van der Waals surface area (Å²) in [4.78, 5) is 45.4. The molecule has 0 spiro atoms. The quantitative estimate of drug-likeness (QED) is 0.141. The zero-order valence-corrected chi connectivity index (χ0v) is 19.6. The molecular formula is C22H19ClF3NO9. The molecule has 194 valence electrons. The number of nitro benzene ring substituents is 1. The second-order valence-electron chi connectivity index (χ2n) is 7.11. The Hall–Kier alpha value is -3.87. The number of halogens is 4. The molecular weight excluding hydrogens is 515 g/mol. The molecule has 0 aliphatic carbocycles. The predicted molar refractivity (Wildman–Crippen MR) is 116 cm³/mol. The first kappa shape index (κ1) is 28.4. The summed E-state index contributed by atoms with van der Waals surface area (Å²) in [6.07, 6.45) is -6.62. The van der Waals surface area contributed by atoms with Crippen LogP contribution in [0.4, 0.5) is 18.9 Å². The lowest BCUT2D eigenvalue weighted by atomic mass is 10.1. The van der Waals surface area contributed by atoms with Crippen LogP contribution in [0.2, 0.25) is 5.02 Å². The van der Waals surface area contributed by atoms with Crippen LogP contribution >= 0.6 is 11.6 Å². The van der Waals surface area contributed by atoms with E-state index < -0.39 is 52.8 Å². The fourth-order valence-corrected chi connectivity index (χ4v) is 2.94.